The van der Waals surface area contributed by atoms with Gasteiger partial charge in [-0.1, -0.05) is 60.0 Å². The molecule has 6 rings (SSSR count). The van der Waals surface area contributed by atoms with Crippen molar-refractivity contribution >= 4 is 28.7 Å². The molecule has 0 amide bonds. The number of nitrogens with zero attached hydrogens (tertiary/aromatic N) is 5. The van der Waals surface area contributed by atoms with Gasteiger partial charge in [0.1, 0.15) is 23.1 Å². The molecule has 10 heteroatoms. The van der Waals surface area contributed by atoms with Crippen molar-refractivity contribution in [3.8, 4) is 0 Å². The standard InChI is InChI=1S/C44H64F2N8/c1-6-12-30(4)41-37(45)27-32(28-38(41)46)17-20-52-23-25-53(26-24-52)36-18-21-54(22-19-36)40-16-15-35(29-33(40)7-2)49-44-42(31(5)47)50-39(8-3)43(51-44)48-34-13-10-9-11-14-34/h15-16,27-30,34,36H,5-14,17-26,47H2,1-4H3,(H2,48,49,51). The Bertz CT molecular complexity index is 1680. The van der Waals surface area contributed by atoms with Gasteiger partial charge in [0.25, 0.3) is 0 Å². The predicted molar refractivity (Wildman–Crippen MR) is 221 cm³/mol. The van der Waals surface area contributed by atoms with Gasteiger partial charge in [0.05, 0.1) is 11.4 Å². The topological polar surface area (TPSA) is 85.6 Å². The van der Waals surface area contributed by atoms with E-state index < -0.39 is 11.6 Å². The first kappa shape index (κ1) is 39.9. The molecule has 0 radical (unpaired) electrons. The first-order chi connectivity index (χ1) is 26.2. The van der Waals surface area contributed by atoms with Gasteiger partial charge in [0.2, 0.25) is 0 Å². The number of nitrogens with one attached hydrogen (secondary N) is 2. The first-order valence-electron chi connectivity index (χ1n) is 20.9. The Morgan fingerprint density at radius 2 is 1.59 bits per heavy atom. The summed E-state index contributed by atoms with van der Waals surface area (Å²) in [6.45, 7) is 19.3. The van der Waals surface area contributed by atoms with Crippen molar-refractivity contribution in [2.24, 2.45) is 5.73 Å². The molecule has 54 heavy (non-hydrogen) atoms. The molecule has 1 aliphatic carbocycles. The zero-order chi connectivity index (χ0) is 38.2. The number of aryl methyl sites for hydroxylation is 2. The van der Waals surface area contributed by atoms with E-state index in [2.05, 4.69) is 70.9 Å². The lowest BCUT2D eigenvalue weighted by Gasteiger charge is -2.43. The molecule has 3 heterocycles. The maximum atomic E-state index is 14.8. The highest BCUT2D eigenvalue weighted by Gasteiger charge is 2.29. The first-order valence-corrected chi connectivity index (χ1v) is 20.9. The molecule has 294 valence electrons. The summed E-state index contributed by atoms with van der Waals surface area (Å²) in [7, 11) is 0. The van der Waals surface area contributed by atoms with Gasteiger partial charge in [-0.15, -0.1) is 0 Å². The largest absolute Gasteiger partial charge is 0.397 e. The van der Waals surface area contributed by atoms with Gasteiger partial charge in [-0.2, -0.15) is 0 Å². The number of anilines is 4. The van der Waals surface area contributed by atoms with E-state index in [1.54, 1.807) is 12.1 Å². The van der Waals surface area contributed by atoms with E-state index in [9.17, 15) is 8.78 Å². The quantitative estimate of drug-likeness (QED) is 0.142. The van der Waals surface area contributed by atoms with Crippen LogP contribution in [-0.2, 0) is 19.3 Å². The Balaban J connectivity index is 1.02. The van der Waals surface area contributed by atoms with E-state index in [1.165, 1.54) is 30.5 Å². The second kappa shape index (κ2) is 18.7. The minimum Gasteiger partial charge on any atom is -0.397 e. The number of halogens is 2. The zero-order valence-electron chi connectivity index (χ0n) is 33.3. The third kappa shape index (κ3) is 9.72. The van der Waals surface area contributed by atoms with Crippen LogP contribution in [0.1, 0.15) is 119 Å². The number of aromatic nitrogens is 2. The smallest absolute Gasteiger partial charge is 0.160 e. The van der Waals surface area contributed by atoms with Crippen LogP contribution in [0.5, 0.6) is 0 Å². The van der Waals surface area contributed by atoms with Crippen LogP contribution in [0.3, 0.4) is 0 Å². The minimum atomic E-state index is -0.392. The highest BCUT2D eigenvalue weighted by molar-refractivity contribution is 5.74. The van der Waals surface area contributed by atoms with E-state index in [0.29, 0.717) is 35.7 Å². The fourth-order valence-electron chi connectivity index (χ4n) is 8.92. The summed E-state index contributed by atoms with van der Waals surface area (Å²) in [5.74, 6) is 0.608. The van der Waals surface area contributed by atoms with Gasteiger partial charge in [0.15, 0.2) is 5.82 Å². The van der Waals surface area contributed by atoms with E-state index in [1.807, 2.05) is 6.92 Å². The molecule has 2 aliphatic heterocycles. The molecule has 3 aromatic rings. The molecule has 1 saturated carbocycles. The molecule has 0 bridgehead atoms. The number of benzene rings is 2. The summed E-state index contributed by atoms with van der Waals surface area (Å²) < 4.78 is 29.7. The number of hydrogen-bond donors (Lipinski definition) is 3. The molecule has 3 aliphatic rings. The van der Waals surface area contributed by atoms with Gasteiger partial charge in [0, 0.05) is 74.8 Å². The summed E-state index contributed by atoms with van der Waals surface area (Å²) in [4.78, 5) is 17.6. The molecule has 8 nitrogen and oxygen atoms in total. The highest BCUT2D eigenvalue weighted by Crippen LogP contribution is 2.33. The van der Waals surface area contributed by atoms with Crippen molar-refractivity contribution < 1.29 is 8.78 Å². The fourth-order valence-corrected chi connectivity index (χ4v) is 8.92. The Labute approximate surface area is 323 Å². The lowest BCUT2D eigenvalue weighted by molar-refractivity contribution is 0.0855. The summed E-state index contributed by atoms with van der Waals surface area (Å²) in [5.41, 5.74) is 12.8. The third-order valence-corrected chi connectivity index (χ3v) is 12.1. The Hall–Kier alpha value is -3.76. The monoisotopic (exact) mass is 743 g/mol. The molecule has 1 unspecified atom stereocenters. The number of piperidine rings is 1. The van der Waals surface area contributed by atoms with Crippen molar-refractivity contribution in [1.82, 2.24) is 19.8 Å². The van der Waals surface area contributed by atoms with E-state index in [4.69, 9.17) is 15.7 Å². The Morgan fingerprint density at radius 3 is 2.22 bits per heavy atom. The second-order valence-electron chi connectivity index (χ2n) is 15.9. The number of nitrogens with two attached hydrogens (primary N) is 1. The number of rotatable bonds is 15. The maximum absolute atomic E-state index is 14.8. The van der Waals surface area contributed by atoms with Crippen molar-refractivity contribution in [3.63, 3.8) is 0 Å². The maximum Gasteiger partial charge on any atom is 0.160 e. The predicted octanol–water partition coefficient (Wildman–Crippen LogP) is 9.03. The molecular weight excluding hydrogens is 679 g/mol. The van der Waals surface area contributed by atoms with Crippen LogP contribution in [0, 0.1) is 11.6 Å². The summed E-state index contributed by atoms with van der Waals surface area (Å²) in [6, 6.07) is 10.8. The van der Waals surface area contributed by atoms with E-state index in [-0.39, 0.29) is 11.5 Å². The van der Waals surface area contributed by atoms with Crippen LogP contribution in [0.4, 0.5) is 31.8 Å². The van der Waals surface area contributed by atoms with Gasteiger partial charge >= 0.3 is 0 Å². The summed E-state index contributed by atoms with van der Waals surface area (Å²) in [5, 5.41) is 7.26. The van der Waals surface area contributed by atoms with Gasteiger partial charge in [-0.05, 0) is 98.7 Å². The molecule has 0 spiro atoms. The molecule has 2 saturated heterocycles. The van der Waals surface area contributed by atoms with Crippen molar-refractivity contribution in [2.75, 3.05) is 61.3 Å². The molecule has 2 aromatic carbocycles. The van der Waals surface area contributed by atoms with Crippen molar-refractivity contribution in [3.05, 3.63) is 76.6 Å². The third-order valence-electron chi connectivity index (χ3n) is 12.1. The van der Waals surface area contributed by atoms with Crippen LogP contribution in [0.2, 0.25) is 0 Å². The van der Waals surface area contributed by atoms with E-state index in [0.717, 1.165) is 120 Å². The normalized spacial score (nSPS) is 18.5. The minimum absolute atomic E-state index is 0.0976. The molecule has 3 fully saturated rings. The van der Waals surface area contributed by atoms with Crippen LogP contribution in [0.15, 0.2) is 36.9 Å². The average Bonchev–Trinajstić information content (AvgIpc) is 3.17. The van der Waals surface area contributed by atoms with Crippen molar-refractivity contribution in [2.45, 2.75) is 123 Å². The molecule has 1 aromatic heterocycles. The van der Waals surface area contributed by atoms with Crippen LogP contribution < -0.4 is 21.3 Å². The van der Waals surface area contributed by atoms with E-state index >= 15 is 0 Å². The van der Waals surface area contributed by atoms with Crippen molar-refractivity contribution in [1.29, 1.82) is 0 Å². The van der Waals surface area contributed by atoms with Gasteiger partial charge < -0.3 is 26.2 Å². The van der Waals surface area contributed by atoms with Gasteiger partial charge in [-0.3, -0.25) is 4.90 Å². The zero-order valence-corrected chi connectivity index (χ0v) is 33.3. The van der Waals surface area contributed by atoms with Crippen LogP contribution >= 0.6 is 0 Å². The lowest BCUT2D eigenvalue weighted by Crippen LogP contribution is -2.53. The molecule has 4 N–H and O–H groups in total. The Kier molecular flexibility index (Phi) is 13.8. The summed E-state index contributed by atoms with van der Waals surface area (Å²) in [6.07, 6.45) is 12.5. The van der Waals surface area contributed by atoms with Gasteiger partial charge in [-0.25, -0.2) is 18.7 Å². The van der Waals surface area contributed by atoms with Crippen LogP contribution in [0.25, 0.3) is 5.70 Å². The molecule has 1 atom stereocenters. The Morgan fingerprint density at radius 1 is 0.889 bits per heavy atom. The highest BCUT2D eigenvalue weighted by atomic mass is 19.1. The average molecular weight is 743 g/mol. The number of piperazine rings is 1. The lowest BCUT2D eigenvalue weighted by atomic mass is 9.94. The fraction of sp³-hybridized carbons (Fsp3) is 0.591. The second-order valence-corrected chi connectivity index (χ2v) is 15.9. The number of hydrogen-bond acceptors (Lipinski definition) is 8. The SMILES string of the molecule is C=C(N)c1nc(CC)c(NC2CCCCC2)nc1Nc1ccc(N2CCC(N3CCN(CCc4cc(F)c(C(C)CCC)c(F)c4)CC3)CC2)c(CC)c1. The van der Waals surface area contributed by atoms with Crippen LogP contribution in [-0.4, -0.2) is 77.7 Å². The molecular formula is C44H64F2N8. The summed E-state index contributed by atoms with van der Waals surface area (Å²) >= 11 is 0.